The molecule has 0 unspecified atom stereocenters. The van der Waals surface area contributed by atoms with Crippen molar-refractivity contribution >= 4 is 43.2 Å². The SMILES string of the molecule is O=S(=O)([N]S(=O)(=O)c1ccc(Cl)cc1)c1ccc(Cl)cc1. The highest BCUT2D eigenvalue weighted by molar-refractivity contribution is 8.04. The predicted molar refractivity (Wildman–Crippen MR) is 79.4 cm³/mol. The molecule has 0 saturated heterocycles. The molecule has 0 N–H and O–H groups in total. The summed E-state index contributed by atoms with van der Waals surface area (Å²) in [6, 6.07) is 10.0. The Morgan fingerprint density at radius 1 is 0.619 bits per heavy atom. The van der Waals surface area contributed by atoms with Crippen molar-refractivity contribution in [1.29, 1.82) is 0 Å². The molecule has 0 aliphatic rings. The van der Waals surface area contributed by atoms with Crippen LogP contribution in [-0.2, 0) is 20.0 Å². The fraction of sp³-hybridized carbons (Fsp3) is 0. The Bertz CT molecular complexity index is 772. The molecule has 0 aliphatic heterocycles. The second-order valence-corrected chi connectivity index (χ2v) is 8.24. The van der Waals surface area contributed by atoms with Gasteiger partial charge in [-0.25, -0.2) is 16.8 Å². The highest BCUT2D eigenvalue weighted by Crippen LogP contribution is 2.19. The average molecular weight is 365 g/mol. The molecule has 9 heteroatoms. The first-order valence-corrected chi connectivity index (χ1v) is 9.10. The second kappa shape index (κ2) is 5.94. The Labute approximate surface area is 132 Å². The van der Waals surface area contributed by atoms with Crippen LogP contribution in [-0.4, -0.2) is 16.8 Å². The van der Waals surface area contributed by atoms with Gasteiger partial charge in [0.1, 0.15) is 0 Å². The summed E-state index contributed by atoms with van der Waals surface area (Å²) in [6.45, 7) is 0. The zero-order chi connectivity index (χ0) is 15.7. The van der Waals surface area contributed by atoms with Crippen molar-refractivity contribution in [3.8, 4) is 0 Å². The van der Waals surface area contributed by atoms with Gasteiger partial charge < -0.3 is 0 Å². The van der Waals surface area contributed by atoms with Crippen LogP contribution in [0.2, 0.25) is 10.0 Å². The molecule has 2 aromatic carbocycles. The minimum Gasteiger partial charge on any atom is -0.205 e. The van der Waals surface area contributed by atoms with E-state index in [1.807, 2.05) is 0 Å². The Hall–Kier alpha value is -1.12. The van der Waals surface area contributed by atoms with Gasteiger partial charge in [0.25, 0.3) is 20.0 Å². The Kier molecular flexibility index (Phi) is 4.60. The summed E-state index contributed by atoms with van der Waals surface area (Å²) in [7, 11) is -8.70. The molecule has 2 rings (SSSR count). The molecular weight excluding hydrogens is 357 g/mol. The number of benzene rings is 2. The molecule has 111 valence electrons. The zero-order valence-electron chi connectivity index (χ0n) is 10.3. The first kappa shape index (κ1) is 16.3. The quantitative estimate of drug-likeness (QED) is 0.834. The van der Waals surface area contributed by atoms with Gasteiger partial charge >= 0.3 is 0 Å². The number of nitrogens with zero attached hydrogens (tertiary/aromatic N) is 1. The highest BCUT2D eigenvalue weighted by Gasteiger charge is 2.27. The number of hydrogen-bond acceptors (Lipinski definition) is 4. The lowest BCUT2D eigenvalue weighted by atomic mass is 10.4. The van der Waals surface area contributed by atoms with Gasteiger partial charge in [0.15, 0.2) is 0 Å². The lowest BCUT2D eigenvalue weighted by Crippen LogP contribution is -2.23. The molecule has 5 nitrogen and oxygen atoms in total. The van der Waals surface area contributed by atoms with Crippen LogP contribution >= 0.6 is 23.2 Å². The summed E-state index contributed by atoms with van der Waals surface area (Å²) in [5, 5.41) is 0.656. The zero-order valence-corrected chi connectivity index (χ0v) is 13.4. The third kappa shape index (κ3) is 3.96. The molecule has 0 atom stereocenters. The van der Waals surface area contributed by atoms with E-state index in [4.69, 9.17) is 23.2 Å². The molecule has 0 bridgehead atoms. The number of halogens is 2. The van der Waals surface area contributed by atoms with Gasteiger partial charge in [0.2, 0.25) is 0 Å². The van der Waals surface area contributed by atoms with E-state index in [0.29, 0.717) is 10.0 Å². The average Bonchev–Trinajstić information content (AvgIpc) is 2.38. The second-order valence-electron chi connectivity index (χ2n) is 3.93. The van der Waals surface area contributed by atoms with E-state index in [0.717, 1.165) is 0 Å². The summed E-state index contributed by atoms with van der Waals surface area (Å²) in [6.07, 6.45) is 0. The first-order valence-electron chi connectivity index (χ1n) is 5.46. The van der Waals surface area contributed by atoms with E-state index >= 15 is 0 Å². The maximum atomic E-state index is 12.0. The van der Waals surface area contributed by atoms with Crippen molar-refractivity contribution in [3.63, 3.8) is 0 Å². The van der Waals surface area contributed by atoms with Gasteiger partial charge in [-0.15, -0.1) is 0 Å². The maximum Gasteiger partial charge on any atom is 0.271 e. The van der Waals surface area contributed by atoms with Crippen LogP contribution < -0.4 is 4.13 Å². The molecule has 0 aromatic heterocycles. The predicted octanol–water partition coefficient (Wildman–Crippen LogP) is 2.68. The van der Waals surface area contributed by atoms with Crippen LogP contribution in [0.3, 0.4) is 0 Å². The summed E-state index contributed by atoms with van der Waals surface area (Å²) >= 11 is 11.3. The lowest BCUT2D eigenvalue weighted by molar-refractivity contribution is 0.575. The lowest BCUT2D eigenvalue weighted by Gasteiger charge is -2.05. The largest absolute Gasteiger partial charge is 0.271 e. The van der Waals surface area contributed by atoms with E-state index < -0.39 is 20.0 Å². The molecule has 0 fully saturated rings. The normalized spacial score (nSPS) is 12.3. The van der Waals surface area contributed by atoms with Crippen molar-refractivity contribution in [2.45, 2.75) is 9.79 Å². The molecule has 21 heavy (non-hydrogen) atoms. The van der Waals surface area contributed by atoms with Crippen LogP contribution in [0, 0.1) is 0 Å². The molecule has 2 aromatic rings. The van der Waals surface area contributed by atoms with Crippen molar-refractivity contribution in [1.82, 2.24) is 4.13 Å². The number of rotatable bonds is 4. The Morgan fingerprint density at radius 3 is 1.19 bits per heavy atom. The third-order valence-corrected chi connectivity index (χ3v) is 6.23. The molecule has 1 radical (unpaired) electrons. The monoisotopic (exact) mass is 364 g/mol. The summed E-state index contributed by atoms with van der Waals surface area (Å²) in [4.78, 5) is -0.520. The van der Waals surface area contributed by atoms with E-state index in [9.17, 15) is 16.8 Å². The van der Waals surface area contributed by atoms with Crippen molar-refractivity contribution in [2.24, 2.45) is 0 Å². The van der Waals surface area contributed by atoms with Crippen molar-refractivity contribution in [2.75, 3.05) is 0 Å². The van der Waals surface area contributed by atoms with Crippen LogP contribution in [0.1, 0.15) is 0 Å². The van der Waals surface area contributed by atoms with Gasteiger partial charge in [-0.1, -0.05) is 23.2 Å². The third-order valence-electron chi connectivity index (χ3n) is 2.42. The molecule has 0 amide bonds. The van der Waals surface area contributed by atoms with E-state index in [1.165, 1.54) is 48.5 Å². The number of hydrogen-bond donors (Lipinski definition) is 0. The molecule has 0 aliphatic carbocycles. The van der Waals surface area contributed by atoms with E-state index in [-0.39, 0.29) is 9.79 Å². The van der Waals surface area contributed by atoms with E-state index in [1.54, 1.807) is 0 Å². The van der Waals surface area contributed by atoms with Crippen LogP contribution in [0.4, 0.5) is 0 Å². The fourth-order valence-electron chi connectivity index (χ4n) is 1.43. The highest BCUT2D eigenvalue weighted by atomic mass is 35.5. The summed E-state index contributed by atoms with van der Waals surface area (Å²) in [5.41, 5.74) is 0. The van der Waals surface area contributed by atoms with Gasteiger partial charge in [-0.3, -0.25) is 0 Å². The standard InChI is InChI=1S/C12H8Cl2NO4S2/c13-9-1-5-11(6-2-9)20(16,17)15-21(18,19)12-7-3-10(14)4-8-12/h1-8H. The van der Waals surface area contributed by atoms with Gasteiger partial charge in [0, 0.05) is 14.2 Å². The smallest absolute Gasteiger partial charge is 0.205 e. The summed E-state index contributed by atoms with van der Waals surface area (Å²) < 4.78 is 50.9. The Balaban J connectivity index is 2.35. The first-order chi connectivity index (χ1) is 9.71. The van der Waals surface area contributed by atoms with Crippen LogP contribution in [0.15, 0.2) is 58.3 Å². The fourth-order valence-corrected chi connectivity index (χ4v) is 4.36. The maximum absolute atomic E-state index is 12.0. The van der Waals surface area contributed by atoms with Crippen LogP contribution in [0.5, 0.6) is 0 Å². The Morgan fingerprint density at radius 2 is 0.905 bits per heavy atom. The van der Waals surface area contributed by atoms with Gasteiger partial charge in [-0.2, -0.15) is 0 Å². The molecular formula is C12H8Cl2NO4S2. The van der Waals surface area contributed by atoms with Crippen molar-refractivity contribution in [3.05, 3.63) is 58.6 Å². The molecule has 0 spiro atoms. The van der Waals surface area contributed by atoms with E-state index in [2.05, 4.69) is 4.13 Å². The van der Waals surface area contributed by atoms with Crippen molar-refractivity contribution < 1.29 is 16.8 Å². The molecule has 0 heterocycles. The van der Waals surface area contributed by atoms with Crippen LogP contribution in [0.25, 0.3) is 0 Å². The van der Waals surface area contributed by atoms with Gasteiger partial charge in [-0.05, 0) is 48.5 Å². The molecule has 0 saturated carbocycles. The summed E-state index contributed by atoms with van der Waals surface area (Å²) in [5.74, 6) is 0. The topological polar surface area (TPSA) is 82.4 Å². The number of sulfonamides is 2. The van der Waals surface area contributed by atoms with Gasteiger partial charge in [0.05, 0.1) is 9.79 Å². The minimum absolute atomic E-state index is 0.260. The minimum atomic E-state index is -4.35.